The number of rotatable bonds is 2. The van der Waals surface area contributed by atoms with Crippen molar-refractivity contribution in [3.63, 3.8) is 0 Å². The molecule has 1 amide bonds. The first-order chi connectivity index (χ1) is 12.3. The van der Waals surface area contributed by atoms with Gasteiger partial charge >= 0.3 is 12.1 Å². The van der Waals surface area contributed by atoms with Crippen LogP contribution in [0.5, 0.6) is 0 Å². The molecule has 1 aliphatic rings. The molecule has 2 aromatic rings. The van der Waals surface area contributed by atoms with Gasteiger partial charge in [0.1, 0.15) is 0 Å². The van der Waals surface area contributed by atoms with Crippen LogP contribution in [0.2, 0.25) is 0 Å². The third kappa shape index (κ3) is 3.36. The molecule has 0 unspecified atom stereocenters. The zero-order valence-electron chi connectivity index (χ0n) is 14.0. The van der Waals surface area contributed by atoms with Gasteiger partial charge in [-0.3, -0.25) is 14.6 Å². The number of alkyl halides is 3. The molecule has 0 spiro atoms. The van der Waals surface area contributed by atoms with Crippen molar-refractivity contribution in [2.24, 2.45) is 5.92 Å². The Labute approximate surface area is 147 Å². The molecule has 0 bridgehead atoms. The van der Waals surface area contributed by atoms with E-state index in [2.05, 4.69) is 9.72 Å². The van der Waals surface area contributed by atoms with E-state index >= 15 is 0 Å². The van der Waals surface area contributed by atoms with Crippen molar-refractivity contribution in [1.82, 2.24) is 9.88 Å². The number of carbonyl (C=O) groups is 2. The molecule has 1 aliphatic heterocycles. The van der Waals surface area contributed by atoms with Gasteiger partial charge in [0.05, 0.1) is 29.7 Å². The molecule has 3 rings (SSSR count). The molecule has 0 aliphatic carbocycles. The number of pyridine rings is 1. The van der Waals surface area contributed by atoms with E-state index in [-0.39, 0.29) is 35.9 Å². The van der Waals surface area contributed by atoms with Crippen LogP contribution in [-0.4, -0.2) is 42.0 Å². The fourth-order valence-electron chi connectivity index (χ4n) is 3.26. The third-order valence-corrected chi connectivity index (χ3v) is 4.61. The van der Waals surface area contributed by atoms with Gasteiger partial charge < -0.3 is 9.64 Å². The summed E-state index contributed by atoms with van der Waals surface area (Å²) in [5.74, 6) is -1.42. The quantitative estimate of drug-likeness (QED) is 0.766. The number of hydrogen-bond acceptors (Lipinski definition) is 4. The number of benzene rings is 1. The molecule has 2 heterocycles. The Morgan fingerprint density at radius 1 is 1.19 bits per heavy atom. The predicted molar refractivity (Wildman–Crippen MR) is 87.4 cm³/mol. The summed E-state index contributed by atoms with van der Waals surface area (Å²) in [5, 5.41) is -0.102. The highest BCUT2D eigenvalue weighted by atomic mass is 19.4. The first kappa shape index (κ1) is 18.2. The van der Waals surface area contributed by atoms with Crippen LogP contribution < -0.4 is 0 Å². The lowest BCUT2D eigenvalue weighted by molar-refractivity contribution is -0.146. The van der Waals surface area contributed by atoms with Crippen molar-refractivity contribution in [3.05, 3.63) is 41.6 Å². The number of amides is 1. The van der Waals surface area contributed by atoms with Gasteiger partial charge in [-0.25, -0.2) is 0 Å². The molecule has 0 N–H and O–H groups in total. The number of esters is 1. The van der Waals surface area contributed by atoms with E-state index in [9.17, 15) is 22.8 Å². The van der Waals surface area contributed by atoms with Crippen LogP contribution in [0.15, 0.2) is 30.5 Å². The molecule has 1 aromatic heterocycles. The largest absolute Gasteiger partial charge is 0.469 e. The van der Waals surface area contributed by atoms with E-state index in [4.69, 9.17) is 0 Å². The number of fused-ring (bicyclic) bond motifs is 1. The number of methoxy groups -OCH3 is 1. The van der Waals surface area contributed by atoms with Crippen LogP contribution in [0, 0.1) is 5.92 Å². The number of piperidine rings is 1. The fourth-order valence-corrected chi connectivity index (χ4v) is 3.26. The van der Waals surface area contributed by atoms with Crippen LogP contribution >= 0.6 is 0 Å². The molecule has 1 saturated heterocycles. The van der Waals surface area contributed by atoms with E-state index in [1.54, 1.807) is 6.07 Å². The number of likely N-dealkylation sites (tertiary alicyclic amines) is 1. The summed E-state index contributed by atoms with van der Waals surface area (Å²) in [6.45, 7) is 0.394. The summed E-state index contributed by atoms with van der Waals surface area (Å²) in [4.78, 5) is 29.6. The third-order valence-electron chi connectivity index (χ3n) is 4.61. The maximum atomic E-state index is 13.7. The van der Waals surface area contributed by atoms with Gasteiger partial charge in [0.25, 0.3) is 5.91 Å². The van der Waals surface area contributed by atoms with Crippen LogP contribution in [0.3, 0.4) is 0 Å². The number of nitrogens with zero attached hydrogens (tertiary/aromatic N) is 2. The van der Waals surface area contributed by atoms with Gasteiger partial charge in [-0.05, 0) is 18.9 Å². The highest BCUT2D eigenvalue weighted by molar-refractivity contribution is 6.00. The van der Waals surface area contributed by atoms with Gasteiger partial charge in [0, 0.05) is 24.7 Å². The van der Waals surface area contributed by atoms with E-state index in [0.717, 1.165) is 6.20 Å². The maximum Gasteiger partial charge on any atom is 0.417 e. The highest BCUT2D eigenvalue weighted by Crippen LogP contribution is 2.37. The lowest BCUT2D eigenvalue weighted by Crippen LogP contribution is -2.41. The predicted octanol–water partition coefficient (Wildman–Crippen LogP) is 3.28. The van der Waals surface area contributed by atoms with Crippen molar-refractivity contribution >= 4 is 22.8 Å². The normalized spacial score (nSPS) is 15.9. The number of aromatic nitrogens is 1. The minimum atomic E-state index is -4.68. The van der Waals surface area contributed by atoms with Crippen molar-refractivity contribution in [1.29, 1.82) is 0 Å². The molecular formula is C18H17F3N2O3. The van der Waals surface area contributed by atoms with Crippen molar-refractivity contribution in [2.75, 3.05) is 20.2 Å². The Hall–Kier alpha value is -2.64. The molecular weight excluding hydrogens is 349 g/mol. The van der Waals surface area contributed by atoms with E-state index in [0.29, 0.717) is 12.8 Å². The van der Waals surface area contributed by atoms with Crippen LogP contribution in [0.25, 0.3) is 10.9 Å². The molecule has 0 saturated carbocycles. The molecule has 1 aromatic carbocycles. The second kappa shape index (κ2) is 6.93. The number of hydrogen-bond donors (Lipinski definition) is 0. The monoisotopic (exact) mass is 366 g/mol. The molecule has 5 nitrogen and oxygen atoms in total. The lowest BCUT2D eigenvalue weighted by atomic mass is 9.95. The first-order valence-electron chi connectivity index (χ1n) is 8.15. The molecule has 0 atom stereocenters. The second-order valence-corrected chi connectivity index (χ2v) is 6.15. The first-order valence-corrected chi connectivity index (χ1v) is 8.15. The van der Waals surface area contributed by atoms with Crippen molar-refractivity contribution < 1.29 is 27.5 Å². The van der Waals surface area contributed by atoms with Crippen LogP contribution in [0.4, 0.5) is 13.2 Å². The molecule has 8 heteroatoms. The van der Waals surface area contributed by atoms with Gasteiger partial charge in [-0.1, -0.05) is 18.2 Å². The van der Waals surface area contributed by atoms with Crippen LogP contribution in [-0.2, 0) is 15.7 Å². The average molecular weight is 366 g/mol. The van der Waals surface area contributed by atoms with E-state index in [1.807, 2.05) is 0 Å². The number of carbonyl (C=O) groups excluding carboxylic acids is 2. The van der Waals surface area contributed by atoms with Crippen molar-refractivity contribution in [3.8, 4) is 0 Å². The van der Waals surface area contributed by atoms with Gasteiger partial charge in [0.2, 0.25) is 0 Å². The molecule has 0 radical (unpaired) electrons. The summed E-state index contributed by atoms with van der Waals surface area (Å²) >= 11 is 0. The molecule has 138 valence electrons. The second-order valence-electron chi connectivity index (χ2n) is 6.15. The highest BCUT2D eigenvalue weighted by Gasteiger charge is 2.39. The smallest absolute Gasteiger partial charge is 0.417 e. The lowest BCUT2D eigenvalue weighted by Gasteiger charge is -2.31. The summed E-state index contributed by atoms with van der Waals surface area (Å²) < 4.78 is 45.7. The Balaban J connectivity index is 1.93. The topological polar surface area (TPSA) is 59.5 Å². The SMILES string of the molecule is COC(=O)C1CCN(C(=O)c2cnc3ccccc3c2C(F)(F)F)CC1. The van der Waals surface area contributed by atoms with Gasteiger partial charge in [0.15, 0.2) is 0 Å². The fraction of sp³-hybridized carbons (Fsp3) is 0.389. The average Bonchev–Trinajstić information content (AvgIpc) is 2.65. The number of halogens is 3. The van der Waals surface area contributed by atoms with Crippen molar-refractivity contribution in [2.45, 2.75) is 19.0 Å². The zero-order valence-corrected chi connectivity index (χ0v) is 14.0. The summed E-state index contributed by atoms with van der Waals surface area (Å²) in [6.07, 6.45) is -2.97. The van der Waals surface area contributed by atoms with Gasteiger partial charge in [-0.2, -0.15) is 13.2 Å². The maximum absolute atomic E-state index is 13.7. The Kier molecular flexibility index (Phi) is 4.84. The minimum absolute atomic E-state index is 0.102. The standard InChI is InChI=1S/C18H17F3N2O3/c1-26-17(25)11-6-8-23(9-7-11)16(24)13-10-22-14-5-3-2-4-12(14)15(13)18(19,20)21/h2-5,10-11H,6-9H2,1H3. The minimum Gasteiger partial charge on any atom is -0.469 e. The summed E-state index contributed by atoms with van der Waals surface area (Å²) in [6, 6.07) is 5.86. The van der Waals surface area contributed by atoms with Gasteiger partial charge in [-0.15, -0.1) is 0 Å². The Morgan fingerprint density at radius 2 is 1.85 bits per heavy atom. The Morgan fingerprint density at radius 3 is 2.46 bits per heavy atom. The number of para-hydroxylation sites is 1. The molecule has 26 heavy (non-hydrogen) atoms. The van der Waals surface area contributed by atoms with Crippen LogP contribution in [0.1, 0.15) is 28.8 Å². The molecule has 1 fully saturated rings. The summed E-state index contributed by atoms with van der Waals surface area (Å²) in [5.41, 5.74) is -1.25. The van der Waals surface area contributed by atoms with E-state index < -0.39 is 23.2 Å². The van der Waals surface area contributed by atoms with E-state index in [1.165, 1.54) is 30.2 Å². The Bertz CT molecular complexity index is 843. The summed E-state index contributed by atoms with van der Waals surface area (Å²) in [7, 11) is 1.29. The number of ether oxygens (including phenoxy) is 1. The zero-order chi connectivity index (χ0) is 18.9.